The lowest BCUT2D eigenvalue weighted by Crippen LogP contribution is -2.27. The van der Waals surface area contributed by atoms with E-state index in [1.165, 1.54) is 0 Å². The molecule has 1 aromatic rings. The molecule has 0 bridgehead atoms. The van der Waals surface area contributed by atoms with Crippen LogP contribution in [0.3, 0.4) is 0 Å². The number of nitrogens with zero attached hydrogens (tertiary/aromatic N) is 1. The molecule has 0 saturated heterocycles. The number of hydrogen-bond acceptors (Lipinski definition) is 3. The van der Waals surface area contributed by atoms with Gasteiger partial charge in [-0.3, -0.25) is 4.79 Å². The summed E-state index contributed by atoms with van der Waals surface area (Å²) >= 11 is 0. The number of hydrogen-bond donors (Lipinski definition) is 2. The lowest BCUT2D eigenvalue weighted by Gasteiger charge is -2.19. The molecule has 1 rings (SSSR count). The third-order valence-corrected chi connectivity index (χ3v) is 2.90. The van der Waals surface area contributed by atoms with Gasteiger partial charge < -0.3 is 16.0 Å². The van der Waals surface area contributed by atoms with Gasteiger partial charge in [-0.1, -0.05) is 12.1 Å². The molecule has 92 valence electrons. The average Bonchev–Trinajstić information content (AvgIpc) is 2.28. The first-order chi connectivity index (χ1) is 7.91. The molecule has 0 aliphatic carbocycles. The molecule has 0 aliphatic rings. The molecule has 17 heavy (non-hydrogen) atoms. The summed E-state index contributed by atoms with van der Waals surface area (Å²) in [5, 5.41) is 7.99. The normalized spacial score (nSPS) is 12.5. The van der Waals surface area contributed by atoms with Gasteiger partial charge in [0.05, 0.1) is 0 Å². The van der Waals surface area contributed by atoms with E-state index < -0.39 is 5.91 Å². The van der Waals surface area contributed by atoms with Crippen LogP contribution >= 0.6 is 0 Å². The van der Waals surface area contributed by atoms with Crippen LogP contribution in [-0.2, 0) is 0 Å². The fourth-order valence-electron chi connectivity index (χ4n) is 1.43. The minimum absolute atomic E-state index is 0.318. The number of amides is 1. The summed E-state index contributed by atoms with van der Waals surface area (Å²) in [6, 6.07) is 7.17. The fourth-order valence-corrected chi connectivity index (χ4v) is 1.43. The van der Waals surface area contributed by atoms with Crippen molar-refractivity contribution in [3.05, 3.63) is 35.4 Å². The minimum atomic E-state index is -0.440. The summed E-state index contributed by atoms with van der Waals surface area (Å²) in [4.78, 5) is 13.0. The number of benzene rings is 1. The molecule has 1 atom stereocenters. The van der Waals surface area contributed by atoms with Crippen molar-refractivity contribution in [2.24, 2.45) is 5.73 Å². The summed E-state index contributed by atoms with van der Waals surface area (Å²) in [5.74, 6) is -0.440. The van der Waals surface area contributed by atoms with Gasteiger partial charge in [0.1, 0.15) is 0 Å². The second-order valence-electron chi connectivity index (χ2n) is 4.44. The van der Waals surface area contributed by atoms with Crippen LogP contribution in [0.1, 0.15) is 29.3 Å². The Morgan fingerprint density at radius 2 is 1.76 bits per heavy atom. The van der Waals surface area contributed by atoms with Gasteiger partial charge in [0.25, 0.3) is 0 Å². The van der Waals surface area contributed by atoms with Crippen LogP contribution < -0.4 is 5.73 Å². The van der Waals surface area contributed by atoms with Gasteiger partial charge >= 0.3 is 0 Å². The molecule has 0 heterocycles. The predicted molar refractivity (Wildman–Crippen MR) is 69.6 cm³/mol. The Hall–Kier alpha value is -1.68. The molecular formula is C13H19N3O. The second-order valence-corrected chi connectivity index (χ2v) is 4.44. The first-order valence-electron chi connectivity index (χ1n) is 5.56. The van der Waals surface area contributed by atoms with Crippen molar-refractivity contribution < 1.29 is 4.79 Å². The zero-order valence-electron chi connectivity index (χ0n) is 10.5. The molecule has 0 fully saturated rings. The Bertz CT molecular complexity index is 409. The van der Waals surface area contributed by atoms with E-state index in [-0.39, 0.29) is 0 Å². The monoisotopic (exact) mass is 233 g/mol. The van der Waals surface area contributed by atoms with Crippen molar-refractivity contribution in [3.8, 4) is 0 Å². The lowest BCUT2D eigenvalue weighted by atomic mass is 10.0. The van der Waals surface area contributed by atoms with Crippen LogP contribution in [0.5, 0.6) is 0 Å². The Balaban J connectivity index is 2.73. The molecule has 0 aromatic heterocycles. The van der Waals surface area contributed by atoms with E-state index in [1.807, 2.05) is 14.1 Å². The quantitative estimate of drug-likeness (QED) is 0.756. The maximum atomic E-state index is 10.9. The van der Waals surface area contributed by atoms with Crippen molar-refractivity contribution in [2.75, 3.05) is 14.1 Å². The summed E-state index contributed by atoms with van der Waals surface area (Å²) in [6.45, 7) is 2.08. The molecule has 0 spiro atoms. The minimum Gasteiger partial charge on any atom is -0.366 e. The van der Waals surface area contributed by atoms with Crippen LogP contribution in [0.4, 0.5) is 0 Å². The maximum absolute atomic E-state index is 10.9. The molecule has 0 aliphatic heterocycles. The molecule has 3 N–H and O–H groups in total. The van der Waals surface area contributed by atoms with E-state index in [1.54, 1.807) is 24.3 Å². The van der Waals surface area contributed by atoms with Crippen molar-refractivity contribution in [2.45, 2.75) is 19.4 Å². The van der Waals surface area contributed by atoms with Gasteiger partial charge in [-0.25, -0.2) is 0 Å². The number of primary amides is 1. The number of nitrogens with two attached hydrogens (primary N) is 1. The maximum Gasteiger partial charge on any atom is 0.248 e. The van der Waals surface area contributed by atoms with Crippen LogP contribution in [-0.4, -0.2) is 36.7 Å². The highest BCUT2D eigenvalue weighted by molar-refractivity contribution is 6.00. The molecule has 4 heteroatoms. The van der Waals surface area contributed by atoms with E-state index in [2.05, 4.69) is 11.8 Å². The van der Waals surface area contributed by atoms with Crippen LogP contribution in [0.15, 0.2) is 24.3 Å². The first-order valence-corrected chi connectivity index (χ1v) is 5.56. The Labute approximate surface area is 102 Å². The second kappa shape index (κ2) is 5.59. The van der Waals surface area contributed by atoms with Crippen molar-refractivity contribution in [1.82, 2.24) is 4.90 Å². The van der Waals surface area contributed by atoms with Crippen LogP contribution in [0.2, 0.25) is 0 Å². The van der Waals surface area contributed by atoms with E-state index in [9.17, 15) is 4.79 Å². The number of carbonyl (C=O) groups excluding carboxylic acids is 1. The van der Waals surface area contributed by atoms with Gasteiger partial charge in [-0.2, -0.15) is 0 Å². The average molecular weight is 233 g/mol. The molecule has 0 saturated carbocycles. The van der Waals surface area contributed by atoms with E-state index in [0.717, 1.165) is 5.56 Å². The molecule has 1 aromatic carbocycles. The van der Waals surface area contributed by atoms with Crippen LogP contribution in [0.25, 0.3) is 0 Å². The smallest absolute Gasteiger partial charge is 0.248 e. The van der Waals surface area contributed by atoms with E-state index >= 15 is 0 Å². The predicted octanol–water partition coefficient (Wildman–Crippen LogP) is 1.49. The largest absolute Gasteiger partial charge is 0.366 e. The highest BCUT2D eigenvalue weighted by Gasteiger charge is 2.10. The first kappa shape index (κ1) is 13.4. The highest BCUT2D eigenvalue weighted by atomic mass is 16.1. The van der Waals surface area contributed by atoms with Crippen LogP contribution in [0, 0.1) is 5.41 Å². The molecule has 4 nitrogen and oxygen atoms in total. The SMILES string of the molecule is CC(CC(=N)c1ccc(C(N)=O)cc1)N(C)C. The standard InChI is InChI=1S/C13H19N3O/c1-9(16(2)3)8-12(14)10-4-6-11(7-5-10)13(15)17/h4-7,9,14H,8H2,1-3H3,(H2,15,17). The highest BCUT2D eigenvalue weighted by Crippen LogP contribution is 2.09. The van der Waals surface area contributed by atoms with Crippen molar-refractivity contribution >= 4 is 11.6 Å². The zero-order chi connectivity index (χ0) is 13.0. The van der Waals surface area contributed by atoms with E-state index in [0.29, 0.717) is 23.7 Å². The zero-order valence-corrected chi connectivity index (χ0v) is 10.5. The number of carbonyl (C=O) groups is 1. The molecule has 0 radical (unpaired) electrons. The van der Waals surface area contributed by atoms with Crippen molar-refractivity contribution in [1.29, 1.82) is 5.41 Å². The van der Waals surface area contributed by atoms with Gasteiger partial charge in [-0.15, -0.1) is 0 Å². The Morgan fingerprint density at radius 1 is 1.29 bits per heavy atom. The summed E-state index contributed by atoms with van der Waals surface area (Å²) < 4.78 is 0. The fraction of sp³-hybridized carbons (Fsp3) is 0.385. The summed E-state index contributed by atoms with van der Waals surface area (Å²) in [6.07, 6.45) is 0.683. The molecule has 1 unspecified atom stereocenters. The lowest BCUT2D eigenvalue weighted by molar-refractivity contribution is 0.100. The van der Waals surface area contributed by atoms with Crippen molar-refractivity contribution in [3.63, 3.8) is 0 Å². The van der Waals surface area contributed by atoms with E-state index in [4.69, 9.17) is 11.1 Å². The number of nitrogens with one attached hydrogen (secondary N) is 1. The Morgan fingerprint density at radius 3 is 2.18 bits per heavy atom. The molecular weight excluding hydrogens is 214 g/mol. The number of rotatable bonds is 5. The van der Waals surface area contributed by atoms with Gasteiger partial charge in [0.2, 0.25) is 5.91 Å². The summed E-state index contributed by atoms with van der Waals surface area (Å²) in [7, 11) is 3.99. The van der Waals surface area contributed by atoms with Gasteiger partial charge in [0, 0.05) is 23.7 Å². The Kier molecular flexibility index (Phi) is 4.40. The summed E-state index contributed by atoms with van der Waals surface area (Å²) in [5.41, 5.74) is 7.04. The molecule has 1 amide bonds. The topological polar surface area (TPSA) is 70.2 Å². The third-order valence-electron chi connectivity index (χ3n) is 2.90. The van der Waals surface area contributed by atoms with Gasteiger partial charge in [0.15, 0.2) is 0 Å². The third kappa shape index (κ3) is 3.67. The van der Waals surface area contributed by atoms with Gasteiger partial charge in [-0.05, 0) is 38.7 Å².